The minimum absolute atomic E-state index is 0.163. The van der Waals surface area contributed by atoms with Crippen molar-refractivity contribution in [2.75, 3.05) is 6.61 Å². The monoisotopic (exact) mass is 193 g/mol. The summed E-state index contributed by atoms with van der Waals surface area (Å²) in [6.45, 7) is 4.84. The lowest BCUT2D eigenvalue weighted by atomic mass is 10.0. The third-order valence-electron chi connectivity index (χ3n) is 2.22. The minimum atomic E-state index is 0.163. The van der Waals surface area contributed by atoms with E-state index < -0.39 is 0 Å². The van der Waals surface area contributed by atoms with Gasteiger partial charge in [0.15, 0.2) is 0 Å². The van der Waals surface area contributed by atoms with Crippen molar-refractivity contribution < 1.29 is 4.74 Å². The van der Waals surface area contributed by atoms with Gasteiger partial charge < -0.3 is 10.5 Å². The van der Waals surface area contributed by atoms with Crippen molar-refractivity contribution in [2.24, 2.45) is 5.73 Å². The highest BCUT2D eigenvalue weighted by Gasteiger charge is 2.03. The standard InChI is InChI=1S/C12H19NO/c1-3-5-12(13)10-6-8-11(9-7-10)14-4-2/h6-9,12H,3-5,13H2,1-2H3/t12-/m1/s1. The molecule has 0 amide bonds. The van der Waals surface area contributed by atoms with Gasteiger partial charge in [-0.1, -0.05) is 25.5 Å². The molecule has 1 rings (SSSR count). The molecule has 0 unspecified atom stereocenters. The van der Waals surface area contributed by atoms with E-state index in [4.69, 9.17) is 10.5 Å². The van der Waals surface area contributed by atoms with Gasteiger partial charge in [-0.25, -0.2) is 0 Å². The van der Waals surface area contributed by atoms with E-state index in [9.17, 15) is 0 Å². The van der Waals surface area contributed by atoms with E-state index >= 15 is 0 Å². The number of benzene rings is 1. The smallest absolute Gasteiger partial charge is 0.119 e. The van der Waals surface area contributed by atoms with Gasteiger partial charge in [-0.2, -0.15) is 0 Å². The van der Waals surface area contributed by atoms with E-state index in [0.29, 0.717) is 6.61 Å². The molecule has 0 saturated heterocycles. The Kier molecular flexibility index (Phi) is 4.47. The third-order valence-corrected chi connectivity index (χ3v) is 2.22. The quantitative estimate of drug-likeness (QED) is 0.780. The van der Waals surface area contributed by atoms with Crippen LogP contribution in [-0.2, 0) is 0 Å². The highest BCUT2D eigenvalue weighted by molar-refractivity contribution is 5.28. The third kappa shape index (κ3) is 3.04. The number of rotatable bonds is 5. The fraction of sp³-hybridized carbons (Fsp3) is 0.500. The van der Waals surface area contributed by atoms with Crippen molar-refractivity contribution >= 4 is 0 Å². The van der Waals surface area contributed by atoms with Crippen LogP contribution in [0.15, 0.2) is 24.3 Å². The molecular weight excluding hydrogens is 174 g/mol. The fourth-order valence-electron chi connectivity index (χ4n) is 1.46. The highest BCUT2D eigenvalue weighted by Crippen LogP contribution is 2.19. The molecule has 0 aromatic heterocycles. The van der Waals surface area contributed by atoms with Crippen molar-refractivity contribution in [2.45, 2.75) is 32.7 Å². The first kappa shape index (κ1) is 11.1. The Balaban J connectivity index is 2.62. The summed E-state index contributed by atoms with van der Waals surface area (Å²) in [7, 11) is 0. The predicted octanol–water partition coefficient (Wildman–Crippen LogP) is 2.89. The number of hydrogen-bond donors (Lipinski definition) is 1. The van der Waals surface area contributed by atoms with Crippen molar-refractivity contribution in [3.8, 4) is 5.75 Å². The Hall–Kier alpha value is -1.02. The van der Waals surface area contributed by atoms with Crippen LogP contribution in [0.5, 0.6) is 5.75 Å². The first-order valence-corrected chi connectivity index (χ1v) is 5.26. The van der Waals surface area contributed by atoms with E-state index in [1.807, 2.05) is 31.2 Å². The number of ether oxygens (including phenoxy) is 1. The van der Waals surface area contributed by atoms with E-state index in [2.05, 4.69) is 6.92 Å². The first-order chi connectivity index (χ1) is 6.77. The van der Waals surface area contributed by atoms with Gasteiger partial charge in [0.2, 0.25) is 0 Å². The Morgan fingerprint density at radius 3 is 2.36 bits per heavy atom. The summed E-state index contributed by atoms with van der Waals surface area (Å²) in [5.74, 6) is 0.917. The van der Waals surface area contributed by atoms with Crippen LogP contribution in [-0.4, -0.2) is 6.61 Å². The maximum absolute atomic E-state index is 5.99. The molecule has 0 aliphatic heterocycles. The summed E-state index contributed by atoms with van der Waals surface area (Å²) < 4.78 is 5.36. The fourth-order valence-corrected chi connectivity index (χ4v) is 1.46. The second-order valence-corrected chi connectivity index (χ2v) is 3.40. The van der Waals surface area contributed by atoms with Gasteiger partial charge in [0.1, 0.15) is 5.75 Å². The van der Waals surface area contributed by atoms with Gasteiger partial charge in [0, 0.05) is 6.04 Å². The molecule has 78 valence electrons. The normalized spacial score (nSPS) is 12.5. The van der Waals surface area contributed by atoms with Crippen LogP contribution in [0.1, 0.15) is 38.3 Å². The van der Waals surface area contributed by atoms with Gasteiger partial charge in [0.05, 0.1) is 6.61 Å². The maximum atomic E-state index is 5.99. The largest absolute Gasteiger partial charge is 0.494 e. The number of nitrogens with two attached hydrogens (primary N) is 1. The molecule has 1 aromatic carbocycles. The number of hydrogen-bond acceptors (Lipinski definition) is 2. The molecule has 2 heteroatoms. The molecule has 1 aromatic rings. The molecule has 0 radical (unpaired) electrons. The summed E-state index contributed by atoms with van der Waals surface area (Å²) in [4.78, 5) is 0. The zero-order chi connectivity index (χ0) is 10.4. The Labute approximate surface area is 86.1 Å². The van der Waals surface area contributed by atoms with Crippen LogP contribution in [0.4, 0.5) is 0 Å². The van der Waals surface area contributed by atoms with Crippen LogP contribution in [0.25, 0.3) is 0 Å². The highest BCUT2D eigenvalue weighted by atomic mass is 16.5. The van der Waals surface area contributed by atoms with Gasteiger partial charge in [0.25, 0.3) is 0 Å². The van der Waals surface area contributed by atoms with E-state index in [1.165, 1.54) is 5.56 Å². The van der Waals surface area contributed by atoms with E-state index in [1.54, 1.807) is 0 Å². The van der Waals surface area contributed by atoms with Crippen LogP contribution < -0.4 is 10.5 Å². The van der Waals surface area contributed by atoms with Crippen LogP contribution in [0.3, 0.4) is 0 Å². The Morgan fingerprint density at radius 2 is 1.86 bits per heavy atom. The molecule has 2 N–H and O–H groups in total. The zero-order valence-electron chi connectivity index (χ0n) is 8.99. The van der Waals surface area contributed by atoms with Gasteiger partial charge in [-0.3, -0.25) is 0 Å². The van der Waals surface area contributed by atoms with Crippen LogP contribution >= 0.6 is 0 Å². The van der Waals surface area contributed by atoms with Crippen molar-refractivity contribution in [1.29, 1.82) is 0 Å². The molecular formula is C12H19NO. The van der Waals surface area contributed by atoms with Crippen molar-refractivity contribution in [3.05, 3.63) is 29.8 Å². The summed E-state index contributed by atoms with van der Waals surface area (Å²) >= 11 is 0. The maximum Gasteiger partial charge on any atom is 0.119 e. The SMILES string of the molecule is CCC[C@@H](N)c1ccc(OCC)cc1. The van der Waals surface area contributed by atoms with Gasteiger partial charge >= 0.3 is 0 Å². The first-order valence-electron chi connectivity index (χ1n) is 5.26. The molecule has 0 aliphatic carbocycles. The topological polar surface area (TPSA) is 35.2 Å². The molecule has 0 spiro atoms. The van der Waals surface area contributed by atoms with Crippen LogP contribution in [0.2, 0.25) is 0 Å². The lowest BCUT2D eigenvalue weighted by Crippen LogP contribution is -2.09. The van der Waals surface area contributed by atoms with E-state index in [-0.39, 0.29) is 6.04 Å². The molecule has 2 nitrogen and oxygen atoms in total. The van der Waals surface area contributed by atoms with E-state index in [0.717, 1.165) is 18.6 Å². The summed E-state index contributed by atoms with van der Waals surface area (Å²) in [6, 6.07) is 8.22. The van der Waals surface area contributed by atoms with Crippen molar-refractivity contribution in [3.63, 3.8) is 0 Å². The molecule has 0 heterocycles. The summed E-state index contributed by atoms with van der Waals surface area (Å²) in [6.07, 6.45) is 2.16. The van der Waals surface area contributed by atoms with Crippen molar-refractivity contribution in [1.82, 2.24) is 0 Å². The van der Waals surface area contributed by atoms with Gasteiger partial charge in [-0.05, 0) is 31.0 Å². The minimum Gasteiger partial charge on any atom is -0.494 e. The Morgan fingerprint density at radius 1 is 1.21 bits per heavy atom. The van der Waals surface area contributed by atoms with Gasteiger partial charge in [-0.15, -0.1) is 0 Å². The molecule has 0 bridgehead atoms. The molecule has 0 saturated carbocycles. The summed E-state index contributed by atoms with van der Waals surface area (Å²) in [5, 5.41) is 0. The zero-order valence-corrected chi connectivity index (χ0v) is 8.99. The average molecular weight is 193 g/mol. The molecule has 14 heavy (non-hydrogen) atoms. The molecule has 0 fully saturated rings. The lowest BCUT2D eigenvalue weighted by molar-refractivity contribution is 0.340. The lowest BCUT2D eigenvalue weighted by Gasteiger charge is -2.11. The second kappa shape index (κ2) is 5.66. The van der Waals surface area contributed by atoms with Crippen LogP contribution in [0, 0.1) is 0 Å². The molecule has 0 aliphatic rings. The molecule has 1 atom stereocenters. The second-order valence-electron chi connectivity index (χ2n) is 3.40. The summed E-state index contributed by atoms with van der Waals surface area (Å²) in [5.41, 5.74) is 7.18. The predicted molar refractivity (Wildman–Crippen MR) is 59.4 cm³/mol. The Bertz CT molecular complexity index is 256. The average Bonchev–Trinajstić information content (AvgIpc) is 2.20.